The lowest BCUT2D eigenvalue weighted by Crippen LogP contribution is -2.57. The van der Waals surface area contributed by atoms with Crippen LogP contribution in [0.4, 0.5) is 10.5 Å². The van der Waals surface area contributed by atoms with Crippen molar-refractivity contribution >= 4 is 40.3 Å². The molecule has 0 spiro atoms. The van der Waals surface area contributed by atoms with E-state index in [4.69, 9.17) is 5.73 Å². The molecule has 1 aromatic heterocycles. The van der Waals surface area contributed by atoms with Crippen LogP contribution in [0.2, 0.25) is 0 Å². The maximum atomic E-state index is 13.4. The molecular weight excluding hydrogens is 582 g/mol. The lowest BCUT2D eigenvalue weighted by atomic mass is 10.0. The first-order valence-electron chi connectivity index (χ1n) is 15.5. The number of nitrogens with two attached hydrogens (primary N) is 1. The molecule has 11 heteroatoms. The number of benzene rings is 3. The van der Waals surface area contributed by atoms with E-state index in [1.165, 1.54) is 6.92 Å². The summed E-state index contributed by atoms with van der Waals surface area (Å²) in [6, 6.07) is 23.2. The van der Waals surface area contributed by atoms with Crippen LogP contribution in [-0.4, -0.2) is 53.0 Å². The topological polar surface area (TPSA) is 159 Å². The van der Waals surface area contributed by atoms with Crippen LogP contribution in [0, 0.1) is 0 Å². The molecule has 0 aliphatic rings. The van der Waals surface area contributed by atoms with Crippen molar-refractivity contribution in [2.45, 2.75) is 64.3 Å². The second-order valence-corrected chi connectivity index (χ2v) is 11.5. The van der Waals surface area contributed by atoms with Crippen LogP contribution < -0.4 is 32.3 Å². The van der Waals surface area contributed by atoms with Crippen molar-refractivity contribution < 1.29 is 19.2 Å². The second kappa shape index (κ2) is 16.2. The van der Waals surface area contributed by atoms with Gasteiger partial charge in [0.25, 0.3) is 0 Å². The number of carbonyl (C=O) groups excluding carboxylic acids is 4. The van der Waals surface area contributed by atoms with E-state index in [-0.39, 0.29) is 25.3 Å². The zero-order valence-corrected chi connectivity index (χ0v) is 26.5. The van der Waals surface area contributed by atoms with Crippen molar-refractivity contribution in [2.24, 2.45) is 5.73 Å². The van der Waals surface area contributed by atoms with Gasteiger partial charge in [-0.05, 0) is 69.1 Å². The Bertz CT molecular complexity index is 1620. The Balaban J connectivity index is 1.36. The van der Waals surface area contributed by atoms with Crippen molar-refractivity contribution in [1.29, 1.82) is 0 Å². The summed E-state index contributed by atoms with van der Waals surface area (Å²) in [7, 11) is 0. The number of nitrogens with zero attached hydrogens (tertiary/aromatic N) is 1. The third-order valence-corrected chi connectivity index (χ3v) is 7.59. The van der Waals surface area contributed by atoms with Crippen LogP contribution in [0.25, 0.3) is 10.9 Å². The third kappa shape index (κ3) is 9.42. The van der Waals surface area contributed by atoms with Gasteiger partial charge < -0.3 is 36.9 Å². The molecule has 0 unspecified atom stereocenters. The number of nitrogens with one attached hydrogen (secondary N) is 5. The summed E-state index contributed by atoms with van der Waals surface area (Å²) >= 11 is 0. The van der Waals surface area contributed by atoms with Crippen LogP contribution in [0.5, 0.6) is 0 Å². The number of fused-ring (bicyclic) bond motifs is 1. The monoisotopic (exact) mass is 625 g/mol. The molecule has 0 fully saturated rings. The quantitative estimate of drug-likeness (QED) is 0.126. The van der Waals surface area contributed by atoms with Gasteiger partial charge in [-0.3, -0.25) is 14.4 Å². The molecule has 0 radical (unpaired) electrons. The van der Waals surface area contributed by atoms with E-state index < -0.39 is 36.0 Å². The summed E-state index contributed by atoms with van der Waals surface area (Å²) in [4.78, 5) is 52.5. The molecule has 5 amide bonds. The van der Waals surface area contributed by atoms with Gasteiger partial charge in [-0.2, -0.15) is 0 Å². The Morgan fingerprint density at radius 3 is 2.04 bits per heavy atom. The van der Waals surface area contributed by atoms with Crippen LogP contribution >= 0.6 is 0 Å². The van der Waals surface area contributed by atoms with Gasteiger partial charge >= 0.3 is 6.03 Å². The van der Waals surface area contributed by atoms with E-state index in [0.29, 0.717) is 18.3 Å². The highest BCUT2D eigenvalue weighted by molar-refractivity contribution is 5.97. The number of amides is 5. The molecule has 0 saturated carbocycles. The molecule has 4 aromatic rings. The highest BCUT2D eigenvalue weighted by Crippen LogP contribution is 2.23. The first-order valence-corrected chi connectivity index (χ1v) is 15.5. The summed E-state index contributed by atoms with van der Waals surface area (Å²) in [6.07, 6.45) is 2.39. The highest BCUT2D eigenvalue weighted by Gasteiger charge is 2.28. The van der Waals surface area contributed by atoms with Gasteiger partial charge in [0.1, 0.15) is 18.1 Å². The lowest BCUT2D eigenvalue weighted by Gasteiger charge is -2.24. The van der Waals surface area contributed by atoms with Crippen molar-refractivity contribution in [2.75, 3.05) is 11.9 Å². The van der Waals surface area contributed by atoms with Gasteiger partial charge in [0.2, 0.25) is 17.7 Å². The molecule has 7 N–H and O–H groups in total. The number of urea groups is 1. The summed E-state index contributed by atoms with van der Waals surface area (Å²) in [5.41, 5.74) is 9.19. The number of carbonyl (C=O) groups is 4. The van der Waals surface area contributed by atoms with Gasteiger partial charge in [0, 0.05) is 41.8 Å². The normalized spacial score (nSPS) is 13.0. The van der Waals surface area contributed by atoms with E-state index >= 15 is 0 Å². The number of rotatable bonds is 14. The summed E-state index contributed by atoms with van der Waals surface area (Å²) < 4.78 is 2.14. The number of anilines is 1. The standard InChI is InChI=1S/C35H43N7O4/c1-23(2)42-19-17-27-21-28(14-15-31(27)42)39-35(46)38-24(3)32(43)40-29(16-18-36)34(45)41-30(20-25-10-6-4-7-11-25)33(44)37-22-26-12-8-5-9-13-26/h4-15,17,19,21,23-24,29-30H,16,18,20,22,36H2,1-3H3,(H,37,44)(H,40,43)(H,41,45)(H2,38,39,46)/t24-,29-,30-/m0/s1. The predicted molar refractivity (Wildman–Crippen MR) is 180 cm³/mol. The van der Waals surface area contributed by atoms with Crippen molar-refractivity contribution in [3.8, 4) is 0 Å². The minimum Gasteiger partial charge on any atom is -0.350 e. The van der Waals surface area contributed by atoms with E-state index in [2.05, 4.69) is 45.0 Å². The molecule has 3 atom stereocenters. The van der Waals surface area contributed by atoms with Gasteiger partial charge in [0.15, 0.2) is 0 Å². The summed E-state index contributed by atoms with van der Waals surface area (Å²) in [5.74, 6) is -1.47. The predicted octanol–water partition coefficient (Wildman–Crippen LogP) is 3.61. The highest BCUT2D eigenvalue weighted by atomic mass is 16.2. The number of hydrogen-bond acceptors (Lipinski definition) is 5. The van der Waals surface area contributed by atoms with Crippen molar-refractivity contribution in [3.05, 3.63) is 102 Å². The maximum absolute atomic E-state index is 13.4. The first-order chi connectivity index (χ1) is 22.1. The van der Waals surface area contributed by atoms with Crippen LogP contribution in [0.1, 0.15) is 44.4 Å². The van der Waals surface area contributed by atoms with Gasteiger partial charge in [0.05, 0.1) is 0 Å². The van der Waals surface area contributed by atoms with E-state index in [9.17, 15) is 19.2 Å². The van der Waals surface area contributed by atoms with Gasteiger partial charge in [-0.1, -0.05) is 60.7 Å². The van der Waals surface area contributed by atoms with Crippen molar-refractivity contribution in [1.82, 2.24) is 25.8 Å². The number of aromatic nitrogens is 1. The van der Waals surface area contributed by atoms with E-state index in [0.717, 1.165) is 22.0 Å². The zero-order chi connectivity index (χ0) is 33.1. The van der Waals surface area contributed by atoms with Crippen molar-refractivity contribution in [3.63, 3.8) is 0 Å². The second-order valence-electron chi connectivity index (χ2n) is 11.5. The Morgan fingerprint density at radius 2 is 1.39 bits per heavy atom. The molecule has 0 bridgehead atoms. The molecule has 0 aliphatic heterocycles. The fourth-order valence-corrected chi connectivity index (χ4v) is 5.09. The minimum atomic E-state index is -1.02. The van der Waals surface area contributed by atoms with Gasteiger partial charge in [-0.15, -0.1) is 0 Å². The fraction of sp³-hybridized carbons (Fsp3) is 0.314. The molecule has 46 heavy (non-hydrogen) atoms. The minimum absolute atomic E-state index is 0.116. The zero-order valence-electron chi connectivity index (χ0n) is 26.5. The molecule has 4 rings (SSSR count). The summed E-state index contributed by atoms with van der Waals surface area (Å²) in [5, 5.41) is 14.7. The summed E-state index contributed by atoms with van der Waals surface area (Å²) in [6.45, 7) is 6.13. The Morgan fingerprint density at radius 1 is 0.739 bits per heavy atom. The average Bonchev–Trinajstić information content (AvgIpc) is 3.47. The maximum Gasteiger partial charge on any atom is 0.319 e. The number of hydrogen-bond donors (Lipinski definition) is 6. The Labute approximate surface area is 269 Å². The Hall–Kier alpha value is -5.16. The Kier molecular flexibility index (Phi) is 11.9. The van der Waals surface area contributed by atoms with Crippen LogP contribution in [0.15, 0.2) is 91.1 Å². The van der Waals surface area contributed by atoms with Gasteiger partial charge in [-0.25, -0.2) is 4.79 Å². The lowest BCUT2D eigenvalue weighted by molar-refractivity contribution is -0.132. The largest absolute Gasteiger partial charge is 0.350 e. The third-order valence-electron chi connectivity index (χ3n) is 7.59. The molecule has 3 aromatic carbocycles. The molecule has 0 aliphatic carbocycles. The van der Waals surface area contributed by atoms with E-state index in [1.54, 1.807) is 6.07 Å². The van der Waals surface area contributed by atoms with Crippen LogP contribution in [-0.2, 0) is 27.3 Å². The molecule has 1 heterocycles. The molecular formula is C35H43N7O4. The molecule has 242 valence electrons. The first kappa shape index (κ1) is 33.7. The SMILES string of the molecule is CC(C)n1ccc2cc(NC(=O)N[C@@H](C)C(=O)N[C@@H](CCN)C(=O)N[C@@H](Cc3ccccc3)C(=O)NCc3ccccc3)ccc21. The fourth-order valence-electron chi connectivity index (χ4n) is 5.09. The van der Waals surface area contributed by atoms with Crippen LogP contribution in [0.3, 0.4) is 0 Å². The average molecular weight is 626 g/mol. The smallest absolute Gasteiger partial charge is 0.319 e. The molecule has 11 nitrogen and oxygen atoms in total. The molecule has 0 saturated heterocycles. The van der Waals surface area contributed by atoms with E-state index in [1.807, 2.05) is 85.1 Å².